The molecule has 0 unspecified atom stereocenters. The van der Waals surface area contributed by atoms with E-state index in [9.17, 15) is 0 Å². The summed E-state index contributed by atoms with van der Waals surface area (Å²) in [7, 11) is 0.238. The summed E-state index contributed by atoms with van der Waals surface area (Å²) < 4.78 is 5.52. The molecule has 0 saturated carbocycles. The monoisotopic (exact) mass is 217 g/mol. The molecule has 0 aliphatic carbocycles. The Kier molecular flexibility index (Phi) is 4.46. The molecule has 0 saturated heterocycles. The molecule has 0 aromatic heterocycles. The molecule has 0 bridgehead atoms. The van der Waals surface area contributed by atoms with Crippen molar-refractivity contribution >= 4 is 22.5 Å². The van der Waals surface area contributed by atoms with Gasteiger partial charge in [-0.05, 0) is 12.1 Å². The van der Waals surface area contributed by atoms with E-state index in [1.54, 1.807) is 0 Å². The molecule has 0 atom stereocenters. The summed E-state index contributed by atoms with van der Waals surface area (Å²) in [6, 6.07) is 8.12. The highest BCUT2D eigenvalue weighted by atomic mass is 35.5. The maximum Gasteiger partial charge on any atom is 0.196 e. The maximum atomic E-state index is 5.56. The molecule has 0 spiro atoms. The summed E-state index contributed by atoms with van der Waals surface area (Å²) in [6.07, 6.45) is 4.37. The molecule has 0 radical (unpaired) electrons. The van der Waals surface area contributed by atoms with Crippen LogP contribution in [0.1, 0.15) is 0 Å². The molecule has 1 aromatic rings. The minimum atomic E-state index is 0.238. The van der Waals surface area contributed by atoms with E-state index in [1.165, 1.54) is 4.90 Å². The first-order chi connectivity index (χ1) is 6.25. The fourth-order valence-corrected chi connectivity index (χ4v) is 2.01. The smallest absolute Gasteiger partial charge is 0.196 e. The van der Waals surface area contributed by atoms with Crippen LogP contribution in [0.4, 0.5) is 0 Å². The molecule has 1 nitrogen and oxygen atoms in total. The first kappa shape index (κ1) is 10.7. The zero-order chi connectivity index (χ0) is 9.68. The van der Waals surface area contributed by atoms with E-state index in [-0.39, 0.29) is 10.9 Å². The molecular weight excluding hydrogens is 204 g/mol. The number of alkyl halides is 1. The molecule has 0 aliphatic rings. The summed E-state index contributed by atoms with van der Waals surface area (Å²) in [6.45, 7) is 0.579. The highest BCUT2D eigenvalue weighted by molar-refractivity contribution is 7.95. The van der Waals surface area contributed by atoms with E-state index >= 15 is 0 Å². The number of hydrogen-bond donors (Lipinski definition) is 0. The maximum absolute atomic E-state index is 5.56. The van der Waals surface area contributed by atoms with Gasteiger partial charge in [0.25, 0.3) is 0 Å². The highest BCUT2D eigenvalue weighted by Gasteiger charge is 2.14. The van der Waals surface area contributed by atoms with E-state index in [0.29, 0.717) is 12.5 Å². The van der Waals surface area contributed by atoms with Crippen LogP contribution in [0.2, 0.25) is 0 Å². The average Bonchev–Trinajstić information content (AvgIpc) is 2.15. The molecule has 1 aromatic carbocycles. The molecule has 0 fully saturated rings. The second kappa shape index (κ2) is 5.40. The quantitative estimate of drug-likeness (QED) is 0.557. The summed E-state index contributed by atoms with van der Waals surface area (Å²) in [4.78, 5) is 1.27. The van der Waals surface area contributed by atoms with Gasteiger partial charge in [-0.3, -0.25) is 0 Å². The van der Waals surface area contributed by atoms with Gasteiger partial charge in [-0.2, -0.15) is 0 Å². The number of benzene rings is 1. The van der Waals surface area contributed by atoms with E-state index < -0.39 is 0 Å². The van der Waals surface area contributed by atoms with Gasteiger partial charge in [-0.15, -0.1) is 11.6 Å². The molecule has 1 rings (SSSR count). The number of ether oxygens (including phenoxy) is 1. The molecular formula is C10H14ClOS+. The lowest BCUT2D eigenvalue weighted by Crippen LogP contribution is -2.04. The fourth-order valence-electron chi connectivity index (χ4n) is 1.06. The van der Waals surface area contributed by atoms with Crippen molar-refractivity contribution in [3.63, 3.8) is 0 Å². The topological polar surface area (TPSA) is 9.23 Å². The third kappa shape index (κ3) is 3.12. The Morgan fingerprint density at radius 3 is 2.62 bits per heavy atom. The molecule has 72 valence electrons. The Labute approximate surface area is 87.4 Å². The predicted octanol–water partition coefficient (Wildman–Crippen LogP) is 2.54. The SMILES string of the molecule is C[S+](C)c1ccccc1OCCCl. The summed E-state index contributed by atoms with van der Waals surface area (Å²) in [5.74, 6) is 1.51. The molecule has 0 N–H and O–H groups in total. The van der Waals surface area contributed by atoms with E-state index in [0.717, 1.165) is 5.75 Å². The lowest BCUT2D eigenvalue weighted by molar-refractivity contribution is 0.334. The lowest BCUT2D eigenvalue weighted by atomic mass is 10.3. The number of rotatable bonds is 4. The van der Waals surface area contributed by atoms with Crippen molar-refractivity contribution in [2.45, 2.75) is 4.90 Å². The summed E-state index contributed by atoms with van der Waals surface area (Å²) in [5, 5.41) is 0. The Bertz CT molecular complexity index is 263. The van der Waals surface area contributed by atoms with Gasteiger partial charge in [-0.1, -0.05) is 12.1 Å². The molecule has 13 heavy (non-hydrogen) atoms. The third-order valence-electron chi connectivity index (χ3n) is 1.62. The van der Waals surface area contributed by atoms with E-state index in [4.69, 9.17) is 16.3 Å². The van der Waals surface area contributed by atoms with Crippen molar-refractivity contribution in [1.29, 1.82) is 0 Å². The average molecular weight is 218 g/mol. The van der Waals surface area contributed by atoms with Gasteiger partial charge in [0.15, 0.2) is 10.6 Å². The summed E-state index contributed by atoms with van der Waals surface area (Å²) in [5.41, 5.74) is 0. The van der Waals surface area contributed by atoms with Crippen LogP contribution in [0.5, 0.6) is 5.75 Å². The largest absolute Gasteiger partial charge is 0.487 e. The predicted molar refractivity (Wildman–Crippen MR) is 60.1 cm³/mol. The number of halogens is 1. The minimum absolute atomic E-state index is 0.238. The van der Waals surface area contributed by atoms with Crippen LogP contribution in [0, 0.1) is 0 Å². The van der Waals surface area contributed by atoms with Crippen LogP contribution >= 0.6 is 11.6 Å². The first-order valence-corrected chi connectivity index (χ1v) is 6.68. The van der Waals surface area contributed by atoms with Crippen molar-refractivity contribution in [2.24, 2.45) is 0 Å². The van der Waals surface area contributed by atoms with Gasteiger partial charge in [0.05, 0.1) is 5.88 Å². The second-order valence-electron chi connectivity index (χ2n) is 2.80. The first-order valence-electron chi connectivity index (χ1n) is 4.11. The summed E-state index contributed by atoms with van der Waals surface area (Å²) >= 11 is 5.56. The zero-order valence-electron chi connectivity index (χ0n) is 7.92. The molecule has 3 heteroatoms. The molecule has 0 heterocycles. The van der Waals surface area contributed by atoms with Crippen molar-refractivity contribution in [3.8, 4) is 5.75 Å². The minimum Gasteiger partial charge on any atom is -0.487 e. The van der Waals surface area contributed by atoms with Crippen LogP contribution in [-0.2, 0) is 10.9 Å². The van der Waals surface area contributed by atoms with Gasteiger partial charge in [0, 0.05) is 10.9 Å². The fraction of sp³-hybridized carbons (Fsp3) is 0.400. The van der Waals surface area contributed by atoms with Crippen LogP contribution in [0.15, 0.2) is 29.2 Å². The van der Waals surface area contributed by atoms with Crippen molar-refractivity contribution in [2.75, 3.05) is 25.0 Å². The van der Waals surface area contributed by atoms with Gasteiger partial charge in [0.2, 0.25) is 0 Å². The second-order valence-corrected chi connectivity index (χ2v) is 5.25. The molecule has 0 aliphatic heterocycles. The standard InChI is InChI=1S/C10H14ClOS/c1-13(2)10-6-4-3-5-9(10)12-8-7-11/h3-6H,7-8H2,1-2H3/q+1. The molecule has 0 amide bonds. The Morgan fingerprint density at radius 2 is 2.00 bits per heavy atom. The highest BCUT2D eigenvalue weighted by Crippen LogP contribution is 2.22. The Hall–Kier alpha value is -0.340. The Balaban J connectivity index is 2.78. The van der Waals surface area contributed by atoms with Crippen molar-refractivity contribution < 1.29 is 4.74 Å². The van der Waals surface area contributed by atoms with Crippen LogP contribution in [-0.4, -0.2) is 25.0 Å². The van der Waals surface area contributed by atoms with Crippen LogP contribution in [0.3, 0.4) is 0 Å². The normalized spacial score (nSPS) is 10.5. The van der Waals surface area contributed by atoms with Gasteiger partial charge in [-0.25, -0.2) is 0 Å². The number of hydrogen-bond acceptors (Lipinski definition) is 1. The van der Waals surface area contributed by atoms with Gasteiger partial charge in [0.1, 0.15) is 19.1 Å². The zero-order valence-corrected chi connectivity index (χ0v) is 9.49. The van der Waals surface area contributed by atoms with Crippen LogP contribution in [0.25, 0.3) is 0 Å². The Morgan fingerprint density at radius 1 is 1.31 bits per heavy atom. The van der Waals surface area contributed by atoms with Crippen molar-refractivity contribution in [1.82, 2.24) is 0 Å². The van der Waals surface area contributed by atoms with Gasteiger partial charge < -0.3 is 4.74 Å². The van der Waals surface area contributed by atoms with E-state index in [2.05, 4.69) is 18.6 Å². The van der Waals surface area contributed by atoms with Crippen molar-refractivity contribution in [3.05, 3.63) is 24.3 Å². The van der Waals surface area contributed by atoms with Crippen LogP contribution < -0.4 is 4.74 Å². The third-order valence-corrected chi connectivity index (χ3v) is 2.99. The number of para-hydroxylation sites is 1. The van der Waals surface area contributed by atoms with Gasteiger partial charge >= 0.3 is 0 Å². The van der Waals surface area contributed by atoms with E-state index in [1.807, 2.05) is 18.2 Å². The lowest BCUT2D eigenvalue weighted by Gasteiger charge is -2.06.